The van der Waals surface area contributed by atoms with Gasteiger partial charge in [-0.15, -0.1) is 0 Å². The van der Waals surface area contributed by atoms with Crippen LogP contribution in [-0.2, 0) is 16.1 Å². The number of carbonyl (C=O) groups excluding carboxylic acids is 2. The molecule has 0 radical (unpaired) electrons. The van der Waals surface area contributed by atoms with Gasteiger partial charge >= 0.3 is 5.97 Å². The second kappa shape index (κ2) is 8.76. The van der Waals surface area contributed by atoms with Crippen LogP contribution >= 0.6 is 0 Å². The van der Waals surface area contributed by atoms with E-state index in [1.54, 1.807) is 19.1 Å². The fraction of sp³-hybridized carbons (Fsp3) is 0.208. The quantitative estimate of drug-likeness (QED) is 0.409. The van der Waals surface area contributed by atoms with Crippen molar-refractivity contribution in [3.05, 3.63) is 71.9 Å². The van der Waals surface area contributed by atoms with Crippen LogP contribution in [0, 0.1) is 18.3 Å². The Morgan fingerprint density at radius 3 is 2.71 bits per heavy atom. The Bertz CT molecular complexity index is 1280. The highest BCUT2D eigenvalue weighted by Crippen LogP contribution is 2.32. The maximum absolute atomic E-state index is 12.7. The normalized spacial score (nSPS) is 10.8. The van der Waals surface area contributed by atoms with Gasteiger partial charge in [0.25, 0.3) is 5.91 Å². The molecule has 0 spiro atoms. The molecule has 0 atom stereocenters. The third-order valence-electron chi connectivity index (χ3n) is 5.11. The Morgan fingerprint density at radius 1 is 1.10 bits per heavy atom. The van der Waals surface area contributed by atoms with E-state index in [1.807, 2.05) is 42.5 Å². The number of furan rings is 2. The third kappa shape index (κ3) is 4.14. The Balaban J connectivity index is 1.50. The number of fused-ring (bicyclic) bond motifs is 3. The summed E-state index contributed by atoms with van der Waals surface area (Å²) in [6, 6.07) is 17.1. The number of hydrogen-bond donors (Lipinski definition) is 0. The van der Waals surface area contributed by atoms with E-state index in [-0.39, 0.29) is 25.3 Å². The first-order valence-corrected chi connectivity index (χ1v) is 9.83. The van der Waals surface area contributed by atoms with Gasteiger partial charge in [-0.3, -0.25) is 4.79 Å². The van der Waals surface area contributed by atoms with Crippen molar-refractivity contribution in [2.45, 2.75) is 19.9 Å². The fourth-order valence-electron chi connectivity index (χ4n) is 3.50. The van der Waals surface area contributed by atoms with E-state index in [9.17, 15) is 9.59 Å². The average Bonchev–Trinajstić information content (AvgIpc) is 3.42. The molecule has 0 N–H and O–H groups in total. The molecule has 31 heavy (non-hydrogen) atoms. The molecule has 0 bridgehead atoms. The molecule has 2 aromatic heterocycles. The summed E-state index contributed by atoms with van der Waals surface area (Å²) in [6.07, 6.45) is 1.67. The molecule has 7 heteroatoms. The second-order valence-corrected chi connectivity index (χ2v) is 7.10. The molecule has 7 nitrogen and oxygen atoms in total. The molecular weight excluding hydrogens is 396 g/mol. The van der Waals surface area contributed by atoms with Crippen molar-refractivity contribution < 1.29 is 23.2 Å². The number of rotatable bonds is 7. The molecular formula is C24H20N2O5. The molecule has 0 fully saturated rings. The molecule has 0 aliphatic heterocycles. The van der Waals surface area contributed by atoms with Crippen molar-refractivity contribution in [2.24, 2.45) is 0 Å². The van der Waals surface area contributed by atoms with Gasteiger partial charge in [-0.25, -0.2) is 4.79 Å². The third-order valence-corrected chi connectivity index (χ3v) is 5.11. The number of benzene rings is 2. The first-order valence-electron chi connectivity index (χ1n) is 9.83. The number of nitrogens with zero attached hydrogens (tertiary/aromatic N) is 2. The first-order chi connectivity index (χ1) is 15.1. The molecule has 2 heterocycles. The van der Waals surface area contributed by atoms with Gasteiger partial charge in [0.1, 0.15) is 11.3 Å². The Labute approximate surface area is 178 Å². The molecule has 4 rings (SSSR count). The number of esters is 1. The SMILES string of the molecule is Cc1c(C(=O)OCC(=O)N(CCC#N)Cc2ccco2)oc2c1ccc1ccccc12. The average molecular weight is 416 g/mol. The Kier molecular flexibility index (Phi) is 5.72. The van der Waals surface area contributed by atoms with Crippen LogP contribution in [0.2, 0.25) is 0 Å². The van der Waals surface area contributed by atoms with Gasteiger partial charge in [-0.1, -0.05) is 36.4 Å². The molecule has 2 aromatic carbocycles. The van der Waals surface area contributed by atoms with E-state index >= 15 is 0 Å². The number of ether oxygens (including phenoxy) is 1. The van der Waals surface area contributed by atoms with Crippen molar-refractivity contribution in [3.63, 3.8) is 0 Å². The molecule has 0 unspecified atom stereocenters. The van der Waals surface area contributed by atoms with Gasteiger partial charge in [0, 0.05) is 22.9 Å². The zero-order valence-electron chi connectivity index (χ0n) is 17.0. The summed E-state index contributed by atoms with van der Waals surface area (Å²) in [7, 11) is 0. The summed E-state index contributed by atoms with van der Waals surface area (Å²) in [6.45, 7) is 1.74. The number of amides is 1. The highest BCUT2D eigenvalue weighted by Gasteiger charge is 2.23. The van der Waals surface area contributed by atoms with Crippen molar-refractivity contribution in [3.8, 4) is 6.07 Å². The smallest absolute Gasteiger partial charge is 0.375 e. The van der Waals surface area contributed by atoms with Crippen LogP contribution in [0.25, 0.3) is 21.7 Å². The van der Waals surface area contributed by atoms with Crippen LogP contribution in [-0.4, -0.2) is 29.9 Å². The first kappa shape index (κ1) is 20.2. The van der Waals surface area contributed by atoms with Crippen LogP contribution in [0.15, 0.2) is 63.6 Å². The lowest BCUT2D eigenvalue weighted by Gasteiger charge is -2.20. The monoisotopic (exact) mass is 416 g/mol. The van der Waals surface area contributed by atoms with Crippen molar-refractivity contribution in [2.75, 3.05) is 13.2 Å². The molecule has 0 saturated heterocycles. The zero-order chi connectivity index (χ0) is 21.8. The summed E-state index contributed by atoms with van der Waals surface area (Å²) in [4.78, 5) is 26.7. The number of aryl methyl sites for hydroxylation is 1. The largest absolute Gasteiger partial charge is 0.467 e. The maximum atomic E-state index is 12.7. The number of nitriles is 1. The van der Waals surface area contributed by atoms with Gasteiger partial charge in [0.2, 0.25) is 5.76 Å². The molecule has 0 aliphatic rings. The van der Waals surface area contributed by atoms with E-state index in [2.05, 4.69) is 0 Å². The van der Waals surface area contributed by atoms with Crippen LogP contribution in [0.1, 0.15) is 28.3 Å². The second-order valence-electron chi connectivity index (χ2n) is 7.10. The lowest BCUT2D eigenvalue weighted by atomic mass is 10.1. The maximum Gasteiger partial charge on any atom is 0.375 e. The molecule has 156 valence electrons. The lowest BCUT2D eigenvalue weighted by Crippen LogP contribution is -2.35. The van der Waals surface area contributed by atoms with Crippen LogP contribution < -0.4 is 0 Å². The molecule has 4 aromatic rings. The highest BCUT2D eigenvalue weighted by atomic mass is 16.5. The Morgan fingerprint density at radius 2 is 1.94 bits per heavy atom. The fourth-order valence-corrected chi connectivity index (χ4v) is 3.50. The van der Waals surface area contributed by atoms with E-state index in [0.29, 0.717) is 16.9 Å². The zero-order valence-corrected chi connectivity index (χ0v) is 17.0. The van der Waals surface area contributed by atoms with Crippen molar-refractivity contribution in [1.82, 2.24) is 4.90 Å². The predicted molar refractivity (Wildman–Crippen MR) is 113 cm³/mol. The number of hydrogen-bond acceptors (Lipinski definition) is 6. The van der Waals surface area contributed by atoms with Crippen molar-refractivity contribution in [1.29, 1.82) is 5.26 Å². The standard InChI is InChI=1S/C24H20N2O5/c1-16-19-10-9-17-6-2-3-8-20(17)23(19)31-22(16)24(28)30-15-21(27)26(12-5-11-25)14-18-7-4-13-29-18/h2-4,6-10,13H,5,12,14-15H2,1H3. The molecule has 0 saturated carbocycles. The van der Waals surface area contributed by atoms with Gasteiger partial charge in [-0.05, 0) is 24.4 Å². The predicted octanol–water partition coefficient (Wildman–Crippen LogP) is 4.59. The van der Waals surface area contributed by atoms with E-state index in [0.717, 1.165) is 16.2 Å². The summed E-state index contributed by atoms with van der Waals surface area (Å²) in [5, 5.41) is 11.6. The molecule has 1 amide bonds. The summed E-state index contributed by atoms with van der Waals surface area (Å²) < 4.78 is 16.4. The topological polar surface area (TPSA) is 96.7 Å². The minimum Gasteiger partial charge on any atom is -0.467 e. The number of carbonyl (C=O) groups is 2. The van der Waals surface area contributed by atoms with Gasteiger partial charge < -0.3 is 18.5 Å². The summed E-state index contributed by atoms with van der Waals surface area (Å²) in [5.74, 6) is -0.463. The molecule has 0 aliphatic carbocycles. The lowest BCUT2D eigenvalue weighted by molar-refractivity contribution is -0.135. The Hall–Kier alpha value is -4.05. The van der Waals surface area contributed by atoms with Crippen LogP contribution in [0.3, 0.4) is 0 Å². The van der Waals surface area contributed by atoms with Gasteiger partial charge in [0.15, 0.2) is 6.61 Å². The van der Waals surface area contributed by atoms with Crippen LogP contribution in [0.4, 0.5) is 0 Å². The van der Waals surface area contributed by atoms with E-state index in [1.165, 1.54) is 11.2 Å². The summed E-state index contributed by atoms with van der Waals surface area (Å²) in [5.41, 5.74) is 1.28. The van der Waals surface area contributed by atoms with E-state index in [4.69, 9.17) is 18.8 Å². The van der Waals surface area contributed by atoms with Crippen molar-refractivity contribution >= 4 is 33.6 Å². The van der Waals surface area contributed by atoms with E-state index < -0.39 is 18.5 Å². The van der Waals surface area contributed by atoms with Gasteiger partial charge in [-0.2, -0.15) is 5.26 Å². The minimum absolute atomic E-state index is 0.0776. The van der Waals surface area contributed by atoms with Crippen LogP contribution in [0.5, 0.6) is 0 Å². The highest BCUT2D eigenvalue weighted by molar-refractivity contribution is 6.08. The summed E-state index contributed by atoms with van der Waals surface area (Å²) >= 11 is 0. The minimum atomic E-state index is -0.704. The van der Waals surface area contributed by atoms with Gasteiger partial charge in [0.05, 0.1) is 25.3 Å².